The Labute approximate surface area is 111 Å². The van der Waals surface area contributed by atoms with Crippen LogP contribution in [0.4, 0.5) is 0 Å². The number of rotatable bonds is 3. The summed E-state index contributed by atoms with van der Waals surface area (Å²) in [5.74, 6) is 1.42. The van der Waals surface area contributed by atoms with Crippen molar-refractivity contribution in [1.29, 1.82) is 0 Å². The van der Waals surface area contributed by atoms with Gasteiger partial charge in [-0.15, -0.1) is 0 Å². The third-order valence-electron chi connectivity index (χ3n) is 2.88. The quantitative estimate of drug-likeness (QED) is 0.756. The fourth-order valence-corrected chi connectivity index (χ4v) is 1.84. The van der Waals surface area contributed by atoms with E-state index >= 15 is 0 Å². The SMILES string of the molecule is Cc1cccc(Oc2ccc(C=O)c(Cl)c2)c1C. The smallest absolute Gasteiger partial charge is 0.151 e. The predicted octanol–water partition coefficient (Wildman–Crippen LogP) is 4.56. The molecule has 0 saturated carbocycles. The van der Waals surface area contributed by atoms with Crippen LogP contribution in [0, 0.1) is 13.8 Å². The standard InChI is InChI=1S/C15H13ClO2/c1-10-4-3-5-15(11(10)2)18-13-7-6-12(9-17)14(16)8-13/h3-9H,1-2H3. The first-order valence-electron chi connectivity index (χ1n) is 5.60. The maximum Gasteiger partial charge on any atom is 0.151 e. The van der Waals surface area contributed by atoms with Crippen LogP contribution in [-0.4, -0.2) is 6.29 Å². The Morgan fingerprint density at radius 2 is 1.94 bits per heavy atom. The van der Waals surface area contributed by atoms with E-state index < -0.39 is 0 Å². The van der Waals surface area contributed by atoms with E-state index in [1.807, 2.05) is 32.0 Å². The van der Waals surface area contributed by atoms with Crippen molar-refractivity contribution in [3.05, 3.63) is 58.1 Å². The Kier molecular flexibility index (Phi) is 3.68. The second-order valence-electron chi connectivity index (χ2n) is 4.10. The van der Waals surface area contributed by atoms with Gasteiger partial charge in [-0.3, -0.25) is 4.79 Å². The number of ether oxygens (including phenoxy) is 1. The van der Waals surface area contributed by atoms with Gasteiger partial charge < -0.3 is 4.74 Å². The minimum atomic E-state index is 0.396. The summed E-state index contributed by atoms with van der Waals surface area (Å²) in [7, 11) is 0. The molecule has 2 aromatic carbocycles. The number of hydrogen-bond acceptors (Lipinski definition) is 2. The summed E-state index contributed by atoms with van der Waals surface area (Å²) in [6, 6.07) is 10.9. The Hall–Kier alpha value is -1.80. The number of carbonyl (C=O) groups is 1. The molecule has 0 unspecified atom stereocenters. The average Bonchev–Trinajstić information content (AvgIpc) is 2.35. The number of carbonyl (C=O) groups excluding carboxylic acids is 1. The van der Waals surface area contributed by atoms with Crippen LogP contribution in [-0.2, 0) is 0 Å². The van der Waals surface area contributed by atoms with Crippen LogP contribution in [0.1, 0.15) is 21.5 Å². The Balaban J connectivity index is 2.31. The van der Waals surface area contributed by atoms with Gasteiger partial charge in [0, 0.05) is 11.6 Å². The maximum atomic E-state index is 10.7. The molecule has 2 nitrogen and oxygen atoms in total. The molecule has 0 N–H and O–H groups in total. The maximum absolute atomic E-state index is 10.7. The molecular weight excluding hydrogens is 248 g/mol. The zero-order valence-corrected chi connectivity index (χ0v) is 11.0. The van der Waals surface area contributed by atoms with Crippen LogP contribution in [0.2, 0.25) is 5.02 Å². The minimum Gasteiger partial charge on any atom is -0.457 e. The first-order valence-corrected chi connectivity index (χ1v) is 5.98. The van der Waals surface area contributed by atoms with Crippen molar-refractivity contribution in [3.63, 3.8) is 0 Å². The van der Waals surface area contributed by atoms with Crippen molar-refractivity contribution in [2.45, 2.75) is 13.8 Å². The van der Waals surface area contributed by atoms with Gasteiger partial charge in [0.1, 0.15) is 11.5 Å². The summed E-state index contributed by atoms with van der Waals surface area (Å²) >= 11 is 5.96. The van der Waals surface area contributed by atoms with Gasteiger partial charge in [-0.05, 0) is 43.2 Å². The Bertz CT molecular complexity index is 591. The molecule has 0 aliphatic carbocycles. The minimum absolute atomic E-state index is 0.396. The van der Waals surface area contributed by atoms with Crippen molar-refractivity contribution < 1.29 is 9.53 Å². The highest BCUT2D eigenvalue weighted by molar-refractivity contribution is 6.33. The van der Waals surface area contributed by atoms with E-state index in [2.05, 4.69) is 0 Å². The molecule has 0 heterocycles. The molecule has 0 aliphatic heterocycles. The summed E-state index contributed by atoms with van der Waals surface area (Å²) in [4.78, 5) is 10.7. The molecule has 2 aromatic rings. The van der Waals surface area contributed by atoms with E-state index in [-0.39, 0.29) is 0 Å². The first-order chi connectivity index (χ1) is 8.61. The largest absolute Gasteiger partial charge is 0.457 e. The van der Waals surface area contributed by atoms with Crippen LogP contribution in [0.15, 0.2) is 36.4 Å². The zero-order valence-electron chi connectivity index (χ0n) is 10.2. The van der Waals surface area contributed by atoms with Gasteiger partial charge in [0.25, 0.3) is 0 Å². The molecule has 0 spiro atoms. The molecule has 0 saturated heterocycles. The lowest BCUT2D eigenvalue weighted by Gasteiger charge is -2.11. The van der Waals surface area contributed by atoms with E-state index in [4.69, 9.17) is 16.3 Å². The highest BCUT2D eigenvalue weighted by atomic mass is 35.5. The predicted molar refractivity (Wildman–Crippen MR) is 72.8 cm³/mol. The Morgan fingerprint density at radius 1 is 1.17 bits per heavy atom. The number of aldehydes is 1. The molecule has 2 rings (SSSR count). The summed E-state index contributed by atoms with van der Waals surface area (Å²) in [6.45, 7) is 4.04. The molecule has 0 aromatic heterocycles. The third kappa shape index (κ3) is 2.54. The molecule has 3 heteroatoms. The van der Waals surface area contributed by atoms with Gasteiger partial charge in [0.2, 0.25) is 0 Å². The highest BCUT2D eigenvalue weighted by Gasteiger charge is 2.05. The van der Waals surface area contributed by atoms with Gasteiger partial charge in [0.15, 0.2) is 6.29 Å². The van der Waals surface area contributed by atoms with Crippen molar-refractivity contribution in [2.75, 3.05) is 0 Å². The van der Waals surface area contributed by atoms with E-state index in [0.717, 1.165) is 17.6 Å². The molecule has 18 heavy (non-hydrogen) atoms. The van der Waals surface area contributed by atoms with Gasteiger partial charge >= 0.3 is 0 Å². The first kappa shape index (κ1) is 12.7. The molecule has 0 radical (unpaired) electrons. The zero-order chi connectivity index (χ0) is 13.1. The summed E-state index contributed by atoms with van der Waals surface area (Å²) in [5.41, 5.74) is 2.72. The van der Waals surface area contributed by atoms with Gasteiger partial charge in [-0.1, -0.05) is 23.7 Å². The molecular formula is C15H13ClO2. The van der Waals surface area contributed by atoms with Gasteiger partial charge in [0.05, 0.1) is 5.02 Å². The van der Waals surface area contributed by atoms with Crippen LogP contribution < -0.4 is 4.74 Å². The molecule has 92 valence electrons. The molecule has 0 fully saturated rings. The van der Waals surface area contributed by atoms with Crippen LogP contribution >= 0.6 is 11.6 Å². The van der Waals surface area contributed by atoms with E-state index in [1.165, 1.54) is 5.56 Å². The van der Waals surface area contributed by atoms with Gasteiger partial charge in [-0.25, -0.2) is 0 Å². The highest BCUT2D eigenvalue weighted by Crippen LogP contribution is 2.29. The third-order valence-corrected chi connectivity index (χ3v) is 3.21. The van der Waals surface area contributed by atoms with E-state index in [0.29, 0.717) is 16.3 Å². The molecule has 0 bridgehead atoms. The topological polar surface area (TPSA) is 26.3 Å². The monoisotopic (exact) mass is 260 g/mol. The average molecular weight is 261 g/mol. The lowest BCUT2D eigenvalue weighted by Crippen LogP contribution is -1.91. The van der Waals surface area contributed by atoms with Crippen molar-refractivity contribution in [1.82, 2.24) is 0 Å². The normalized spacial score (nSPS) is 10.2. The molecule has 0 aliphatic rings. The van der Waals surface area contributed by atoms with Crippen molar-refractivity contribution >= 4 is 17.9 Å². The second-order valence-corrected chi connectivity index (χ2v) is 4.51. The van der Waals surface area contributed by atoms with Crippen LogP contribution in [0.3, 0.4) is 0 Å². The second kappa shape index (κ2) is 5.23. The van der Waals surface area contributed by atoms with Gasteiger partial charge in [-0.2, -0.15) is 0 Å². The summed E-state index contributed by atoms with van der Waals surface area (Å²) < 4.78 is 5.77. The van der Waals surface area contributed by atoms with Crippen molar-refractivity contribution in [2.24, 2.45) is 0 Å². The van der Waals surface area contributed by atoms with E-state index in [1.54, 1.807) is 18.2 Å². The Morgan fingerprint density at radius 3 is 2.61 bits per heavy atom. The number of benzene rings is 2. The molecule has 0 atom stereocenters. The van der Waals surface area contributed by atoms with Crippen LogP contribution in [0.5, 0.6) is 11.5 Å². The number of hydrogen-bond donors (Lipinski definition) is 0. The molecule has 0 amide bonds. The number of halogens is 1. The lowest BCUT2D eigenvalue weighted by atomic mass is 10.1. The van der Waals surface area contributed by atoms with Crippen LogP contribution in [0.25, 0.3) is 0 Å². The van der Waals surface area contributed by atoms with Crippen molar-refractivity contribution in [3.8, 4) is 11.5 Å². The fourth-order valence-electron chi connectivity index (χ4n) is 1.63. The van der Waals surface area contributed by atoms with E-state index in [9.17, 15) is 4.79 Å². The lowest BCUT2D eigenvalue weighted by molar-refractivity contribution is 0.112. The fraction of sp³-hybridized carbons (Fsp3) is 0.133. The number of aryl methyl sites for hydroxylation is 1. The summed E-state index contributed by atoms with van der Waals surface area (Å²) in [6.07, 6.45) is 0.726. The summed E-state index contributed by atoms with van der Waals surface area (Å²) in [5, 5.41) is 0.396.